The average Bonchev–Trinajstić information content (AvgIpc) is 3.16. The number of benzene rings is 1. The fourth-order valence-corrected chi connectivity index (χ4v) is 4.12. The van der Waals surface area contributed by atoms with Gasteiger partial charge in [-0.3, -0.25) is 4.79 Å². The first-order valence-corrected chi connectivity index (χ1v) is 8.79. The molecule has 2 atom stereocenters. The van der Waals surface area contributed by atoms with Crippen LogP contribution in [0.25, 0.3) is 10.9 Å². The standard InChI is InChI=1S/C19H22FN3O3/c1-19(2,3)23-9-13(18(25)26)17(24)12-5-14(20)16(6-15(12)23)22-8-10-4-11(22)7-21-10/h5-6,9-11,21H,4,7-8H2,1-3H3,(H,25,26)/t10-,11?/m1/s1. The van der Waals surface area contributed by atoms with Crippen molar-refractivity contribution in [1.29, 1.82) is 0 Å². The molecule has 1 aromatic carbocycles. The van der Waals surface area contributed by atoms with Crippen molar-refractivity contribution in [2.45, 2.75) is 44.8 Å². The number of nitrogens with one attached hydrogen (secondary N) is 1. The van der Waals surface area contributed by atoms with Gasteiger partial charge in [0.2, 0.25) is 5.43 Å². The molecule has 2 N–H and O–H groups in total. The first kappa shape index (κ1) is 17.0. The molecule has 2 saturated heterocycles. The Morgan fingerprint density at radius 3 is 2.62 bits per heavy atom. The van der Waals surface area contributed by atoms with E-state index in [9.17, 15) is 19.1 Å². The maximum atomic E-state index is 14.9. The Morgan fingerprint density at radius 2 is 2.08 bits per heavy atom. The van der Waals surface area contributed by atoms with Gasteiger partial charge in [0, 0.05) is 42.3 Å². The molecule has 2 aliphatic heterocycles. The number of carbonyl (C=O) groups is 1. The largest absolute Gasteiger partial charge is 0.477 e. The molecule has 0 spiro atoms. The predicted octanol–water partition coefficient (Wildman–Crippen LogP) is 2.14. The Bertz CT molecular complexity index is 977. The molecule has 0 radical (unpaired) electrons. The van der Waals surface area contributed by atoms with Gasteiger partial charge in [-0.2, -0.15) is 0 Å². The number of aromatic nitrogens is 1. The molecule has 26 heavy (non-hydrogen) atoms. The smallest absolute Gasteiger partial charge is 0.341 e. The lowest BCUT2D eigenvalue weighted by molar-refractivity contribution is 0.0694. The highest BCUT2D eigenvalue weighted by molar-refractivity contribution is 5.93. The van der Waals surface area contributed by atoms with Crippen LogP contribution in [0, 0.1) is 5.82 Å². The van der Waals surface area contributed by atoms with Crippen LogP contribution in [0.3, 0.4) is 0 Å². The Balaban J connectivity index is 1.99. The van der Waals surface area contributed by atoms with E-state index in [1.54, 1.807) is 10.6 Å². The number of carboxylic acid groups (broad SMARTS) is 1. The van der Waals surface area contributed by atoms with Crippen molar-refractivity contribution in [2.75, 3.05) is 18.0 Å². The van der Waals surface area contributed by atoms with Crippen molar-refractivity contribution >= 4 is 22.6 Å². The summed E-state index contributed by atoms with van der Waals surface area (Å²) in [6.45, 7) is 7.33. The van der Waals surface area contributed by atoms with Crippen LogP contribution in [0.2, 0.25) is 0 Å². The summed E-state index contributed by atoms with van der Waals surface area (Å²) >= 11 is 0. The maximum absolute atomic E-state index is 14.9. The lowest BCUT2D eigenvalue weighted by Crippen LogP contribution is -2.44. The topological polar surface area (TPSA) is 74.6 Å². The fourth-order valence-electron chi connectivity index (χ4n) is 4.12. The second-order valence-electron chi connectivity index (χ2n) is 8.19. The number of hydrogen-bond donors (Lipinski definition) is 2. The second kappa shape index (κ2) is 5.54. The summed E-state index contributed by atoms with van der Waals surface area (Å²) in [5.41, 5.74) is -0.421. The number of hydrogen-bond acceptors (Lipinski definition) is 4. The summed E-state index contributed by atoms with van der Waals surface area (Å²) in [7, 11) is 0. The third kappa shape index (κ3) is 2.49. The van der Waals surface area contributed by atoms with Crippen LogP contribution < -0.4 is 15.6 Å². The van der Waals surface area contributed by atoms with Gasteiger partial charge in [0.15, 0.2) is 0 Å². The molecule has 4 rings (SSSR count). The molecule has 138 valence electrons. The number of anilines is 1. The SMILES string of the molecule is CC(C)(C)n1cc(C(=O)O)c(=O)c2cc(F)c(N3C[C@H]4CC3CN4)cc21. The zero-order chi connectivity index (χ0) is 18.8. The number of halogens is 1. The van der Waals surface area contributed by atoms with E-state index in [2.05, 4.69) is 10.2 Å². The van der Waals surface area contributed by atoms with E-state index in [1.165, 1.54) is 12.3 Å². The normalized spacial score (nSPS) is 22.4. The Kier molecular flexibility index (Phi) is 3.63. The van der Waals surface area contributed by atoms with E-state index in [-0.39, 0.29) is 17.0 Å². The molecular weight excluding hydrogens is 337 g/mol. The molecule has 7 heteroatoms. The van der Waals surface area contributed by atoms with Crippen molar-refractivity contribution in [3.05, 3.63) is 39.9 Å². The summed E-state index contributed by atoms with van der Waals surface area (Å²) < 4.78 is 16.6. The van der Waals surface area contributed by atoms with Gasteiger partial charge < -0.3 is 19.9 Å². The third-order valence-electron chi connectivity index (χ3n) is 5.39. The molecule has 0 aliphatic carbocycles. The Morgan fingerprint density at radius 1 is 1.35 bits per heavy atom. The minimum Gasteiger partial charge on any atom is -0.477 e. The lowest BCUT2D eigenvalue weighted by Gasteiger charge is -2.31. The lowest BCUT2D eigenvalue weighted by atomic mass is 10.0. The number of nitrogens with zero attached hydrogens (tertiary/aromatic N) is 2. The molecule has 1 aromatic heterocycles. The van der Waals surface area contributed by atoms with Crippen LogP contribution in [0.1, 0.15) is 37.6 Å². The molecule has 1 unspecified atom stereocenters. The first-order chi connectivity index (χ1) is 12.2. The quantitative estimate of drug-likeness (QED) is 0.859. The van der Waals surface area contributed by atoms with E-state index in [1.807, 2.05) is 20.8 Å². The van der Waals surface area contributed by atoms with Crippen LogP contribution in [-0.2, 0) is 5.54 Å². The molecule has 2 bridgehead atoms. The zero-order valence-corrected chi connectivity index (χ0v) is 15.0. The van der Waals surface area contributed by atoms with Crippen molar-refractivity contribution < 1.29 is 14.3 Å². The molecule has 6 nitrogen and oxygen atoms in total. The predicted molar refractivity (Wildman–Crippen MR) is 97.7 cm³/mol. The first-order valence-electron chi connectivity index (χ1n) is 8.79. The molecule has 3 heterocycles. The number of pyridine rings is 1. The third-order valence-corrected chi connectivity index (χ3v) is 5.39. The van der Waals surface area contributed by atoms with Crippen LogP contribution in [-0.4, -0.2) is 40.8 Å². The highest BCUT2D eigenvalue weighted by atomic mass is 19.1. The number of aromatic carboxylic acids is 1. The summed E-state index contributed by atoms with van der Waals surface area (Å²) in [6, 6.07) is 3.51. The highest BCUT2D eigenvalue weighted by Crippen LogP contribution is 2.34. The van der Waals surface area contributed by atoms with Gasteiger partial charge >= 0.3 is 5.97 Å². The number of carboxylic acids is 1. The van der Waals surface area contributed by atoms with Gasteiger partial charge in [0.05, 0.1) is 11.2 Å². The van der Waals surface area contributed by atoms with Crippen LogP contribution >= 0.6 is 0 Å². The average molecular weight is 359 g/mol. The summed E-state index contributed by atoms with van der Waals surface area (Å²) in [5, 5.41) is 12.9. The summed E-state index contributed by atoms with van der Waals surface area (Å²) in [5.74, 6) is -1.78. The molecule has 0 saturated carbocycles. The van der Waals surface area contributed by atoms with E-state index in [0.717, 1.165) is 19.5 Å². The van der Waals surface area contributed by atoms with Crippen molar-refractivity contribution in [2.24, 2.45) is 0 Å². The van der Waals surface area contributed by atoms with E-state index < -0.39 is 22.8 Å². The van der Waals surface area contributed by atoms with E-state index in [0.29, 0.717) is 17.2 Å². The Hall–Kier alpha value is -2.41. The van der Waals surface area contributed by atoms with Gasteiger partial charge in [-0.15, -0.1) is 0 Å². The van der Waals surface area contributed by atoms with Gasteiger partial charge in [-0.05, 0) is 39.3 Å². The van der Waals surface area contributed by atoms with Gasteiger partial charge in [0.25, 0.3) is 0 Å². The van der Waals surface area contributed by atoms with Crippen molar-refractivity contribution in [3.8, 4) is 0 Å². The van der Waals surface area contributed by atoms with Crippen LogP contribution in [0.5, 0.6) is 0 Å². The van der Waals surface area contributed by atoms with Gasteiger partial charge in [0.1, 0.15) is 11.4 Å². The number of piperazine rings is 1. The Labute approximate surface area is 150 Å². The van der Waals surface area contributed by atoms with Crippen LogP contribution in [0.15, 0.2) is 23.1 Å². The van der Waals surface area contributed by atoms with Crippen molar-refractivity contribution in [3.63, 3.8) is 0 Å². The fraction of sp³-hybridized carbons (Fsp3) is 0.474. The molecule has 0 amide bonds. The summed E-state index contributed by atoms with van der Waals surface area (Å²) in [4.78, 5) is 26.1. The zero-order valence-electron chi connectivity index (χ0n) is 15.0. The second-order valence-corrected chi connectivity index (χ2v) is 8.19. The van der Waals surface area contributed by atoms with Crippen LogP contribution in [0.4, 0.5) is 10.1 Å². The molecule has 2 aromatic rings. The molecular formula is C19H22FN3O3. The van der Waals surface area contributed by atoms with E-state index >= 15 is 0 Å². The highest BCUT2D eigenvalue weighted by Gasteiger charge is 2.39. The monoisotopic (exact) mass is 359 g/mol. The summed E-state index contributed by atoms with van der Waals surface area (Å²) in [6.07, 6.45) is 2.36. The minimum atomic E-state index is -1.30. The minimum absolute atomic E-state index is 0.101. The molecule has 2 aliphatic rings. The van der Waals surface area contributed by atoms with Crippen molar-refractivity contribution in [1.82, 2.24) is 9.88 Å². The van der Waals surface area contributed by atoms with E-state index in [4.69, 9.17) is 0 Å². The number of rotatable bonds is 2. The van der Waals surface area contributed by atoms with Gasteiger partial charge in [-0.1, -0.05) is 0 Å². The number of fused-ring (bicyclic) bond motifs is 3. The molecule has 2 fully saturated rings. The maximum Gasteiger partial charge on any atom is 0.341 e. The van der Waals surface area contributed by atoms with Gasteiger partial charge in [-0.25, -0.2) is 9.18 Å².